The number of carbonyl (C=O) groups excluding carboxylic acids is 1. The van der Waals surface area contributed by atoms with Crippen LogP contribution in [-0.4, -0.2) is 11.3 Å². The summed E-state index contributed by atoms with van der Waals surface area (Å²) in [4.78, 5) is 14.0. The van der Waals surface area contributed by atoms with Gasteiger partial charge in [-0.25, -0.2) is 13.8 Å². The first-order valence-electron chi connectivity index (χ1n) is 3.44. The van der Waals surface area contributed by atoms with Gasteiger partial charge in [0.05, 0.1) is 11.1 Å². The van der Waals surface area contributed by atoms with Gasteiger partial charge in [-0.1, -0.05) is 0 Å². The van der Waals surface area contributed by atoms with Crippen LogP contribution in [0.15, 0.2) is 6.07 Å². The Labute approximate surface area is 91.9 Å². The van der Waals surface area contributed by atoms with E-state index in [2.05, 4.69) is 4.98 Å². The number of hydrogen-bond donors (Lipinski definition) is 0. The normalized spacial score (nSPS) is 9.93. The highest BCUT2D eigenvalue weighted by atomic mass is 127. The Bertz CT molecular complexity index is 415. The van der Waals surface area contributed by atoms with Crippen LogP contribution < -0.4 is 0 Å². The lowest BCUT2D eigenvalue weighted by Gasteiger charge is -2.03. The van der Waals surface area contributed by atoms with Gasteiger partial charge < -0.3 is 0 Å². The van der Waals surface area contributed by atoms with Crippen molar-refractivity contribution in [2.24, 2.45) is 0 Å². The maximum absolute atomic E-state index is 12.2. The van der Waals surface area contributed by atoms with Crippen molar-refractivity contribution in [2.45, 2.75) is 6.43 Å². The molecule has 6 heteroatoms. The predicted octanol–water partition coefficient (Wildman–Crippen LogP) is 2.31. The zero-order valence-electron chi connectivity index (χ0n) is 6.67. The van der Waals surface area contributed by atoms with Gasteiger partial charge in [0.1, 0.15) is 15.5 Å². The van der Waals surface area contributed by atoms with Gasteiger partial charge in [0.15, 0.2) is 6.29 Å². The van der Waals surface area contributed by atoms with Crippen molar-refractivity contribution >= 4 is 28.9 Å². The molecule has 0 radical (unpaired) electrons. The number of halogens is 3. The number of aromatic nitrogens is 1. The van der Waals surface area contributed by atoms with Crippen LogP contribution in [-0.2, 0) is 0 Å². The number of hydrogen-bond acceptors (Lipinski definition) is 3. The first kappa shape index (κ1) is 11.0. The number of nitrogens with zero attached hydrogens (tertiary/aromatic N) is 2. The number of carbonyl (C=O) groups is 1. The van der Waals surface area contributed by atoms with E-state index in [0.717, 1.165) is 6.07 Å². The second kappa shape index (κ2) is 4.41. The van der Waals surface area contributed by atoms with Crippen LogP contribution in [0, 0.1) is 15.0 Å². The van der Waals surface area contributed by atoms with E-state index in [0.29, 0.717) is 6.29 Å². The van der Waals surface area contributed by atoms with Crippen LogP contribution in [0.5, 0.6) is 0 Å². The van der Waals surface area contributed by atoms with Crippen molar-refractivity contribution in [2.75, 3.05) is 0 Å². The van der Waals surface area contributed by atoms with E-state index in [4.69, 9.17) is 5.26 Å². The van der Waals surface area contributed by atoms with Gasteiger partial charge in [0.25, 0.3) is 6.43 Å². The SMILES string of the molecule is N#Cc1cc(C(F)F)nc(I)c1C=O. The fourth-order valence-electron chi connectivity index (χ4n) is 0.859. The summed E-state index contributed by atoms with van der Waals surface area (Å²) >= 11 is 1.64. The first-order valence-corrected chi connectivity index (χ1v) is 4.52. The van der Waals surface area contributed by atoms with Crippen LogP contribution in [0.4, 0.5) is 8.78 Å². The minimum Gasteiger partial charge on any atom is -0.298 e. The number of rotatable bonds is 2. The lowest BCUT2D eigenvalue weighted by atomic mass is 10.1. The van der Waals surface area contributed by atoms with Crippen molar-refractivity contribution in [1.29, 1.82) is 5.26 Å². The van der Waals surface area contributed by atoms with Gasteiger partial charge >= 0.3 is 0 Å². The van der Waals surface area contributed by atoms with E-state index in [-0.39, 0.29) is 14.8 Å². The van der Waals surface area contributed by atoms with Gasteiger partial charge in [-0.05, 0) is 28.7 Å². The number of pyridine rings is 1. The fraction of sp³-hybridized carbons (Fsp3) is 0.125. The molecule has 0 amide bonds. The largest absolute Gasteiger partial charge is 0.298 e. The van der Waals surface area contributed by atoms with Crippen molar-refractivity contribution in [3.8, 4) is 6.07 Å². The van der Waals surface area contributed by atoms with Crippen molar-refractivity contribution in [3.63, 3.8) is 0 Å². The molecule has 1 heterocycles. The van der Waals surface area contributed by atoms with E-state index in [1.165, 1.54) is 0 Å². The molecule has 0 aliphatic heterocycles. The van der Waals surface area contributed by atoms with Crippen LogP contribution in [0.3, 0.4) is 0 Å². The number of aldehydes is 1. The summed E-state index contributed by atoms with van der Waals surface area (Å²) in [7, 11) is 0. The minimum absolute atomic E-state index is 0.0532. The average molecular weight is 308 g/mol. The van der Waals surface area contributed by atoms with Crippen LogP contribution in [0.25, 0.3) is 0 Å². The van der Waals surface area contributed by atoms with E-state index in [9.17, 15) is 13.6 Å². The summed E-state index contributed by atoms with van der Waals surface area (Å²) in [6, 6.07) is 2.60. The topological polar surface area (TPSA) is 53.8 Å². The Morgan fingerprint density at radius 3 is 2.71 bits per heavy atom. The van der Waals surface area contributed by atoms with E-state index < -0.39 is 12.1 Å². The molecule has 0 aliphatic rings. The minimum atomic E-state index is -2.74. The monoisotopic (exact) mass is 308 g/mol. The Kier molecular flexibility index (Phi) is 3.46. The second-order valence-corrected chi connectivity index (χ2v) is 3.35. The molecule has 3 nitrogen and oxygen atoms in total. The molecule has 1 aromatic rings. The Hall–Kier alpha value is -1.10. The zero-order chi connectivity index (χ0) is 10.7. The maximum Gasteiger partial charge on any atom is 0.280 e. The Morgan fingerprint density at radius 1 is 1.64 bits per heavy atom. The summed E-state index contributed by atoms with van der Waals surface area (Å²) in [6.45, 7) is 0. The van der Waals surface area contributed by atoms with Gasteiger partial charge in [0.2, 0.25) is 0 Å². The Balaban J connectivity index is 3.40. The molecule has 1 aromatic heterocycles. The third-order valence-electron chi connectivity index (χ3n) is 1.49. The molecule has 0 aromatic carbocycles. The smallest absolute Gasteiger partial charge is 0.280 e. The summed E-state index contributed by atoms with van der Waals surface area (Å²) in [5.74, 6) is 0. The molecular weight excluding hydrogens is 305 g/mol. The molecule has 0 aliphatic carbocycles. The maximum atomic E-state index is 12.2. The molecule has 14 heavy (non-hydrogen) atoms. The number of alkyl halides is 2. The van der Waals surface area contributed by atoms with Crippen molar-refractivity contribution < 1.29 is 13.6 Å². The molecule has 0 saturated carbocycles. The molecule has 0 unspecified atom stereocenters. The Morgan fingerprint density at radius 2 is 2.29 bits per heavy atom. The summed E-state index contributed by atoms with van der Waals surface area (Å²) in [6.07, 6.45) is -2.31. The third kappa shape index (κ3) is 2.04. The van der Waals surface area contributed by atoms with Crippen LogP contribution in [0.2, 0.25) is 0 Å². The van der Waals surface area contributed by atoms with Crippen molar-refractivity contribution in [3.05, 3.63) is 26.6 Å². The molecule has 0 fully saturated rings. The standard InChI is InChI=1S/C8H3F2IN2O/c9-7(10)6-1-4(2-12)5(3-14)8(11)13-6/h1,3,7H. The van der Waals surface area contributed by atoms with E-state index >= 15 is 0 Å². The molecule has 0 bridgehead atoms. The highest BCUT2D eigenvalue weighted by Gasteiger charge is 2.15. The van der Waals surface area contributed by atoms with Gasteiger partial charge in [-0.3, -0.25) is 4.79 Å². The van der Waals surface area contributed by atoms with Crippen LogP contribution >= 0.6 is 22.6 Å². The lowest BCUT2D eigenvalue weighted by molar-refractivity contribution is 0.112. The molecule has 0 saturated heterocycles. The van der Waals surface area contributed by atoms with E-state index in [1.54, 1.807) is 28.7 Å². The fourth-order valence-corrected chi connectivity index (χ4v) is 1.56. The summed E-state index contributed by atoms with van der Waals surface area (Å²) in [5, 5.41) is 8.60. The summed E-state index contributed by atoms with van der Waals surface area (Å²) in [5.41, 5.74) is -0.510. The predicted molar refractivity (Wildman–Crippen MR) is 52.0 cm³/mol. The highest BCUT2D eigenvalue weighted by molar-refractivity contribution is 14.1. The van der Waals surface area contributed by atoms with Crippen molar-refractivity contribution in [1.82, 2.24) is 4.98 Å². The average Bonchev–Trinajstić information content (AvgIpc) is 2.16. The molecule has 1 rings (SSSR count). The molecule has 72 valence electrons. The number of nitriles is 1. The van der Waals surface area contributed by atoms with E-state index in [1.807, 2.05) is 0 Å². The lowest BCUT2D eigenvalue weighted by Crippen LogP contribution is -2.01. The zero-order valence-corrected chi connectivity index (χ0v) is 8.83. The highest BCUT2D eigenvalue weighted by Crippen LogP contribution is 2.21. The molecule has 0 spiro atoms. The molecule has 0 atom stereocenters. The van der Waals surface area contributed by atoms with Gasteiger partial charge in [-0.2, -0.15) is 5.26 Å². The summed E-state index contributed by atoms with van der Waals surface area (Å²) < 4.78 is 24.6. The van der Waals surface area contributed by atoms with Gasteiger partial charge in [0, 0.05) is 0 Å². The first-order chi connectivity index (χ1) is 6.60. The van der Waals surface area contributed by atoms with Crippen LogP contribution in [0.1, 0.15) is 28.0 Å². The third-order valence-corrected chi connectivity index (χ3v) is 2.32. The second-order valence-electron chi connectivity index (χ2n) is 2.33. The molecule has 0 N–H and O–H groups in total. The quantitative estimate of drug-likeness (QED) is 0.478. The van der Waals surface area contributed by atoms with Gasteiger partial charge in [-0.15, -0.1) is 0 Å². The molecular formula is C8H3F2IN2O.